The molecular formula is C26H17ClN2O4S2. The van der Waals surface area contributed by atoms with Gasteiger partial charge in [0.2, 0.25) is 6.79 Å². The predicted molar refractivity (Wildman–Crippen MR) is 139 cm³/mol. The molecule has 3 aliphatic rings. The van der Waals surface area contributed by atoms with Gasteiger partial charge >= 0.3 is 0 Å². The molecule has 6 rings (SSSR count). The number of carbonyl (C=O) groups is 2. The summed E-state index contributed by atoms with van der Waals surface area (Å²) in [5.41, 5.74) is 3.69. The molecule has 3 aliphatic heterocycles. The Balaban J connectivity index is 1.33. The summed E-state index contributed by atoms with van der Waals surface area (Å²) in [4.78, 5) is 30.7. The van der Waals surface area contributed by atoms with Gasteiger partial charge in [-0.1, -0.05) is 72.0 Å². The van der Waals surface area contributed by atoms with E-state index in [-0.39, 0.29) is 25.2 Å². The fourth-order valence-electron chi connectivity index (χ4n) is 4.34. The maximum Gasteiger partial charge on any atom is 0.267 e. The fourth-order valence-corrected chi connectivity index (χ4v) is 5.79. The third-order valence-corrected chi connectivity index (χ3v) is 7.73. The van der Waals surface area contributed by atoms with Crippen molar-refractivity contribution in [3.05, 3.63) is 93.3 Å². The number of nitrogens with zero attached hydrogens (tertiary/aromatic N) is 2. The number of halogens is 1. The van der Waals surface area contributed by atoms with Gasteiger partial charge in [0.05, 0.1) is 29.3 Å². The highest BCUT2D eigenvalue weighted by molar-refractivity contribution is 8.26. The number of anilines is 1. The first-order valence-corrected chi connectivity index (χ1v) is 12.4. The number of hydrogen-bond acceptors (Lipinski definition) is 6. The van der Waals surface area contributed by atoms with E-state index in [9.17, 15) is 9.59 Å². The summed E-state index contributed by atoms with van der Waals surface area (Å²) in [5.74, 6) is 0.827. The van der Waals surface area contributed by atoms with Gasteiger partial charge in [-0.05, 0) is 41.5 Å². The van der Waals surface area contributed by atoms with Crippen LogP contribution in [0.15, 0.2) is 71.6 Å². The number of para-hydroxylation sites is 1. The summed E-state index contributed by atoms with van der Waals surface area (Å²) in [6.45, 7) is 0.830. The zero-order chi connectivity index (χ0) is 24.1. The Bertz CT molecular complexity index is 1440. The van der Waals surface area contributed by atoms with Crippen LogP contribution in [0.1, 0.15) is 16.7 Å². The number of thiocarbonyl (C=S) groups is 1. The molecule has 0 aromatic heterocycles. The summed E-state index contributed by atoms with van der Waals surface area (Å²) in [6.07, 6.45) is 0. The van der Waals surface area contributed by atoms with Crippen LogP contribution in [0, 0.1) is 0 Å². The van der Waals surface area contributed by atoms with Gasteiger partial charge in [-0.25, -0.2) is 0 Å². The van der Waals surface area contributed by atoms with Crippen LogP contribution in [0.3, 0.4) is 0 Å². The van der Waals surface area contributed by atoms with E-state index >= 15 is 0 Å². The zero-order valence-corrected chi connectivity index (χ0v) is 20.6. The van der Waals surface area contributed by atoms with Crippen molar-refractivity contribution in [2.45, 2.75) is 13.1 Å². The second-order valence-electron chi connectivity index (χ2n) is 8.19. The largest absolute Gasteiger partial charge is 0.454 e. The van der Waals surface area contributed by atoms with Crippen molar-refractivity contribution < 1.29 is 19.1 Å². The van der Waals surface area contributed by atoms with E-state index in [2.05, 4.69) is 0 Å². The van der Waals surface area contributed by atoms with Gasteiger partial charge in [0.1, 0.15) is 4.32 Å². The molecule has 0 saturated carbocycles. The van der Waals surface area contributed by atoms with Crippen LogP contribution in [0.2, 0.25) is 5.02 Å². The number of hydrogen-bond donors (Lipinski definition) is 0. The van der Waals surface area contributed by atoms with E-state index in [4.69, 9.17) is 33.3 Å². The van der Waals surface area contributed by atoms with Gasteiger partial charge in [0.15, 0.2) is 11.5 Å². The van der Waals surface area contributed by atoms with Crippen LogP contribution in [0.5, 0.6) is 11.5 Å². The van der Waals surface area contributed by atoms with Gasteiger partial charge in [0, 0.05) is 10.6 Å². The molecule has 1 fully saturated rings. The maximum absolute atomic E-state index is 13.7. The maximum atomic E-state index is 13.7. The second kappa shape index (κ2) is 8.71. The highest BCUT2D eigenvalue weighted by Gasteiger charge is 2.42. The molecule has 35 heavy (non-hydrogen) atoms. The van der Waals surface area contributed by atoms with Crippen molar-refractivity contribution >= 4 is 63.0 Å². The molecule has 0 unspecified atom stereocenters. The Kier molecular flexibility index (Phi) is 5.51. The number of rotatable bonds is 4. The third kappa shape index (κ3) is 3.87. The van der Waals surface area contributed by atoms with Gasteiger partial charge in [-0.2, -0.15) is 0 Å². The normalized spacial score (nSPS) is 18.6. The quantitative estimate of drug-likeness (QED) is 0.340. The van der Waals surface area contributed by atoms with Crippen LogP contribution in [-0.4, -0.2) is 27.8 Å². The zero-order valence-electron chi connectivity index (χ0n) is 18.2. The number of benzene rings is 3. The molecule has 0 bridgehead atoms. The Hall–Kier alpha value is -3.33. The fraction of sp³-hybridized carbons (Fsp3) is 0.115. The Labute approximate surface area is 216 Å². The Morgan fingerprint density at radius 2 is 1.57 bits per heavy atom. The first kappa shape index (κ1) is 22.2. The monoisotopic (exact) mass is 520 g/mol. The molecule has 0 atom stereocenters. The number of ether oxygens (including phenoxy) is 2. The molecule has 1 saturated heterocycles. The highest BCUT2D eigenvalue weighted by atomic mass is 35.5. The standard InChI is InChI=1S/C26H17ClN2O4S2/c27-17-8-5-15(6-9-17)12-28-19-4-2-1-3-18(19)22(24(28)30)23-25(31)29(26(34)35-23)13-16-7-10-20-21(11-16)33-14-32-20/h1-11H,12-14H2/b23-22+. The van der Waals surface area contributed by atoms with Crippen molar-refractivity contribution in [3.63, 3.8) is 0 Å². The van der Waals surface area contributed by atoms with E-state index in [1.54, 1.807) is 17.0 Å². The van der Waals surface area contributed by atoms with E-state index in [1.807, 2.05) is 54.6 Å². The smallest absolute Gasteiger partial charge is 0.267 e. The SMILES string of the molecule is O=C1/C(=C2\C(=O)N(Cc3ccc(Cl)cc3)c3ccccc32)SC(=S)N1Cc1ccc2c(c1)OCO2. The molecular weight excluding hydrogens is 504 g/mol. The average molecular weight is 521 g/mol. The van der Waals surface area contributed by atoms with E-state index in [0.29, 0.717) is 37.9 Å². The first-order valence-electron chi connectivity index (χ1n) is 10.8. The lowest BCUT2D eigenvalue weighted by Crippen LogP contribution is -2.29. The first-order chi connectivity index (χ1) is 17.0. The molecule has 0 spiro atoms. The molecule has 9 heteroatoms. The molecule has 174 valence electrons. The summed E-state index contributed by atoms with van der Waals surface area (Å²) < 4.78 is 11.2. The Morgan fingerprint density at radius 1 is 0.857 bits per heavy atom. The van der Waals surface area contributed by atoms with Crippen molar-refractivity contribution in [3.8, 4) is 11.5 Å². The van der Waals surface area contributed by atoms with Crippen molar-refractivity contribution in [2.75, 3.05) is 11.7 Å². The molecule has 2 amide bonds. The number of carbonyl (C=O) groups excluding carboxylic acids is 2. The summed E-state index contributed by atoms with van der Waals surface area (Å²) >= 11 is 12.7. The molecule has 0 N–H and O–H groups in total. The average Bonchev–Trinajstić information content (AvgIpc) is 3.51. The minimum atomic E-state index is -0.274. The van der Waals surface area contributed by atoms with E-state index < -0.39 is 0 Å². The number of fused-ring (bicyclic) bond motifs is 2. The predicted octanol–water partition coefficient (Wildman–Crippen LogP) is 5.39. The van der Waals surface area contributed by atoms with E-state index in [0.717, 1.165) is 22.4 Å². The summed E-state index contributed by atoms with van der Waals surface area (Å²) in [6, 6.07) is 20.4. The van der Waals surface area contributed by atoms with Crippen LogP contribution in [0.4, 0.5) is 5.69 Å². The van der Waals surface area contributed by atoms with Crippen molar-refractivity contribution in [1.29, 1.82) is 0 Å². The molecule has 3 aromatic rings. The third-order valence-electron chi connectivity index (χ3n) is 6.03. The molecule has 3 aromatic carbocycles. The van der Waals surface area contributed by atoms with Crippen LogP contribution in [-0.2, 0) is 22.7 Å². The van der Waals surface area contributed by atoms with Gasteiger partial charge in [0.25, 0.3) is 11.8 Å². The Morgan fingerprint density at radius 3 is 2.40 bits per heavy atom. The van der Waals surface area contributed by atoms with Crippen LogP contribution < -0.4 is 14.4 Å². The van der Waals surface area contributed by atoms with Gasteiger partial charge in [-0.3, -0.25) is 14.5 Å². The van der Waals surface area contributed by atoms with Crippen LogP contribution >= 0.6 is 35.6 Å². The number of amides is 2. The summed E-state index contributed by atoms with van der Waals surface area (Å²) in [7, 11) is 0. The molecule has 6 nitrogen and oxygen atoms in total. The van der Waals surface area contributed by atoms with Gasteiger partial charge < -0.3 is 14.4 Å². The van der Waals surface area contributed by atoms with Crippen molar-refractivity contribution in [1.82, 2.24) is 4.90 Å². The molecule has 0 radical (unpaired) electrons. The molecule has 3 heterocycles. The van der Waals surface area contributed by atoms with Gasteiger partial charge in [-0.15, -0.1) is 0 Å². The highest BCUT2D eigenvalue weighted by Crippen LogP contribution is 2.45. The minimum absolute atomic E-state index is 0.181. The lowest BCUT2D eigenvalue weighted by molar-refractivity contribution is -0.122. The van der Waals surface area contributed by atoms with Crippen molar-refractivity contribution in [2.24, 2.45) is 0 Å². The van der Waals surface area contributed by atoms with E-state index in [1.165, 1.54) is 16.7 Å². The lowest BCUT2D eigenvalue weighted by Gasteiger charge is -2.17. The minimum Gasteiger partial charge on any atom is -0.454 e. The topological polar surface area (TPSA) is 59.1 Å². The van der Waals surface area contributed by atoms with Crippen LogP contribution in [0.25, 0.3) is 5.57 Å². The molecule has 0 aliphatic carbocycles. The second-order valence-corrected chi connectivity index (χ2v) is 10.3. The number of thioether (sulfide) groups is 1. The lowest BCUT2D eigenvalue weighted by atomic mass is 10.1. The summed E-state index contributed by atoms with van der Waals surface area (Å²) in [5, 5.41) is 0.633.